The van der Waals surface area contributed by atoms with Gasteiger partial charge in [-0.3, -0.25) is 9.55 Å². The fraction of sp³-hybridized carbons (Fsp3) is 0.500. The van der Waals surface area contributed by atoms with Gasteiger partial charge in [-0.2, -0.15) is 21.7 Å². The van der Waals surface area contributed by atoms with Gasteiger partial charge in [-0.1, -0.05) is 18.1 Å². The van der Waals surface area contributed by atoms with Crippen LogP contribution < -0.4 is 10.6 Å². The van der Waals surface area contributed by atoms with Crippen molar-refractivity contribution < 1.29 is 19.5 Å². The average Bonchev–Trinajstić information content (AvgIpc) is 3.68. The summed E-state index contributed by atoms with van der Waals surface area (Å²) in [6, 6.07) is 7.86. The molecule has 4 aromatic rings. The number of imidazole rings is 1. The van der Waals surface area contributed by atoms with E-state index >= 15 is 0 Å². The number of fused-ring (bicyclic) bond motifs is 1. The molecule has 2 aliphatic heterocycles. The minimum Gasteiger partial charge on any atom is -0.387 e. The first-order chi connectivity index (χ1) is 19.1. The maximum Gasteiger partial charge on any atom is 0.226 e. The van der Waals surface area contributed by atoms with Crippen LogP contribution >= 0.6 is 11.8 Å². The van der Waals surface area contributed by atoms with Crippen molar-refractivity contribution in [1.29, 1.82) is 0 Å². The predicted molar refractivity (Wildman–Crippen MR) is 146 cm³/mol. The standard InChI is InChI=1S/C26H32N8O4S/c1-2-15-13-18(38-33-15)22-20(35)21(36)25(37-22)34-14-29-19-23(30-17-7-11-39-12-8-17)31-26(32-24(19)34)28-10-6-16-5-3-4-9-27-16/h3-5,9,13-14,17,20-22,25,35-36H,2,6-8,10-12H2,1H3,(H2,28,30,31,32)/t20-,21+,22+,25+/m1/s1. The van der Waals surface area contributed by atoms with Crippen LogP contribution in [0.1, 0.15) is 49.2 Å². The van der Waals surface area contributed by atoms with Crippen LogP contribution in [-0.4, -0.2) is 76.2 Å². The van der Waals surface area contributed by atoms with Crippen LogP contribution in [0, 0.1) is 0 Å². The molecule has 0 spiro atoms. The molecule has 12 nitrogen and oxygen atoms in total. The number of aromatic nitrogens is 6. The Labute approximate surface area is 229 Å². The Balaban J connectivity index is 1.30. The van der Waals surface area contributed by atoms with Gasteiger partial charge < -0.3 is 30.1 Å². The van der Waals surface area contributed by atoms with Gasteiger partial charge in [0.15, 0.2) is 29.0 Å². The van der Waals surface area contributed by atoms with Crippen molar-refractivity contribution in [2.24, 2.45) is 0 Å². The van der Waals surface area contributed by atoms with Crippen LogP contribution in [0.15, 0.2) is 41.3 Å². The van der Waals surface area contributed by atoms with Crippen molar-refractivity contribution >= 4 is 34.7 Å². The third-order valence-corrected chi connectivity index (χ3v) is 8.16. The number of nitrogens with zero attached hydrogens (tertiary/aromatic N) is 6. The number of hydrogen-bond acceptors (Lipinski definition) is 12. The molecule has 0 amide bonds. The molecule has 2 aliphatic rings. The molecule has 6 heterocycles. The highest BCUT2D eigenvalue weighted by molar-refractivity contribution is 7.99. The van der Waals surface area contributed by atoms with E-state index in [1.807, 2.05) is 36.9 Å². The Morgan fingerprint density at radius 2 is 1.97 bits per heavy atom. The van der Waals surface area contributed by atoms with Gasteiger partial charge in [0, 0.05) is 37.0 Å². The summed E-state index contributed by atoms with van der Waals surface area (Å²) in [5, 5.41) is 32.7. The Morgan fingerprint density at radius 1 is 1.10 bits per heavy atom. The maximum absolute atomic E-state index is 11.0. The van der Waals surface area contributed by atoms with Crippen LogP contribution in [0.25, 0.3) is 11.2 Å². The van der Waals surface area contributed by atoms with Gasteiger partial charge >= 0.3 is 0 Å². The quantitative estimate of drug-likeness (QED) is 0.241. The topological polar surface area (TPSA) is 156 Å². The molecule has 0 saturated carbocycles. The third-order valence-electron chi connectivity index (χ3n) is 7.11. The second-order valence-corrected chi connectivity index (χ2v) is 11.0. The van der Waals surface area contributed by atoms with Crippen molar-refractivity contribution in [3.8, 4) is 0 Å². The second kappa shape index (κ2) is 11.5. The highest BCUT2D eigenvalue weighted by Crippen LogP contribution is 2.40. The molecular formula is C26H32N8O4S. The maximum atomic E-state index is 11.0. The summed E-state index contributed by atoms with van der Waals surface area (Å²) >= 11 is 1.96. The Bertz CT molecular complexity index is 1390. The van der Waals surface area contributed by atoms with E-state index in [2.05, 4.69) is 25.8 Å². The normalized spacial score (nSPS) is 23.9. The van der Waals surface area contributed by atoms with E-state index in [-0.39, 0.29) is 6.04 Å². The minimum atomic E-state index is -1.23. The van der Waals surface area contributed by atoms with Crippen LogP contribution in [0.4, 0.5) is 11.8 Å². The Kier molecular flexibility index (Phi) is 7.64. The van der Waals surface area contributed by atoms with Crippen LogP contribution in [0.5, 0.6) is 0 Å². The van der Waals surface area contributed by atoms with Crippen LogP contribution in [0.3, 0.4) is 0 Å². The first-order valence-corrected chi connectivity index (χ1v) is 14.5. The van der Waals surface area contributed by atoms with Gasteiger partial charge in [0.25, 0.3) is 0 Å². The summed E-state index contributed by atoms with van der Waals surface area (Å²) < 4.78 is 13.2. The smallest absolute Gasteiger partial charge is 0.226 e. The third kappa shape index (κ3) is 5.44. The molecule has 0 radical (unpaired) electrons. The molecule has 0 aromatic carbocycles. The van der Waals surface area contributed by atoms with Crippen LogP contribution in [0.2, 0.25) is 0 Å². The number of hydrogen-bond donors (Lipinski definition) is 4. The number of pyridine rings is 1. The summed E-state index contributed by atoms with van der Waals surface area (Å²) in [4.78, 5) is 18.5. The highest BCUT2D eigenvalue weighted by Gasteiger charge is 2.47. The number of nitrogens with one attached hydrogen (secondary N) is 2. The molecular weight excluding hydrogens is 520 g/mol. The fourth-order valence-electron chi connectivity index (χ4n) is 4.92. The second-order valence-electron chi connectivity index (χ2n) is 9.75. The molecule has 39 heavy (non-hydrogen) atoms. The van der Waals surface area contributed by atoms with E-state index < -0.39 is 24.5 Å². The number of aryl methyl sites for hydroxylation is 1. The summed E-state index contributed by atoms with van der Waals surface area (Å²) in [5.74, 6) is 3.62. The molecule has 4 aromatic heterocycles. The first kappa shape index (κ1) is 26.0. The number of ether oxygens (including phenoxy) is 1. The van der Waals surface area contributed by atoms with Crippen LogP contribution in [-0.2, 0) is 17.6 Å². The van der Waals surface area contributed by atoms with Gasteiger partial charge in [0.1, 0.15) is 18.3 Å². The van der Waals surface area contributed by atoms with Gasteiger partial charge in [-0.15, -0.1) is 0 Å². The lowest BCUT2D eigenvalue weighted by molar-refractivity contribution is -0.0434. The SMILES string of the molecule is CCc1cc([C@@H]2O[C@H](n3cnc4c(NC5CCSCC5)nc(NCCc5ccccn5)nc43)[C@@H](O)[C@H]2O)on1. The number of anilines is 2. The van der Waals surface area contributed by atoms with Crippen molar-refractivity contribution in [2.45, 2.75) is 63.2 Å². The molecule has 13 heteroatoms. The lowest BCUT2D eigenvalue weighted by Gasteiger charge is -2.23. The van der Waals surface area contributed by atoms with Crippen molar-refractivity contribution in [3.05, 3.63) is 53.9 Å². The van der Waals surface area contributed by atoms with Crippen molar-refractivity contribution in [1.82, 2.24) is 29.7 Å². The molecule has 4 N–H and O–H groups in total. The number of aliphatic hydroxyl groups is 2. The minimum absolute atomic E-state index is 0.287. The molecule has 206 valence electrons. The molecule has 4 atom stereocenters. The van der Waals surface area contributed by atoms with Gasteiger partial charge in [0.2, 0.25) is 5.95 Å². The number of rotatable bonds is 9. The van der Waals surface area contributed by atoms with E-state index in [0.717, 1.165) is 35.7 Å². The monoisotopic (exact) mass is 552 g/mol. The Morgan fingerprint density at radius 3 is 2.74 bits per heavy atom. The summed E-state index contributed by atoms with van der Waals surface area (Å²) in [7, 11) is 0. The van der Waals surface area contributed by atoms with E-state index in [1.54, 1.807) is 23.2 Å². The summed E-state index contributed by atoms with van der Waals surface area (Å²) in [6.45, 7) is 2.55. The average molecular weight is 553 g/mol. The zero-order chi connectivity index (χ0) is 26.8. The van der Waals surface area contributed by atoms with E-state index in [9.17, 15) is 10.2 Å². The molecule has 6 rings (SSSR count). The Hall–Kier alpha value is -3.26. The van der Waals surface area contributed by atoms with Crippen molar-refractivity contribution in [2.75, 3.05) is 28.7 Å². The number of thioether (sulfide) groups is 1. The largest absolute Gasteiger partial charge is 0.387 e. The first-order valence-electron chi connectivity index (χ1n) is 13.3. The summed E-state index contributed by atoms with van der Waals surface area (Å²) in [5.41, 5.74) is 2.78. The molecule has 0 bridgehead atoms. The van der Waals surface area contributed by atoms with Crippen molar-refractivity contribution in [3.63, 3.8) is 0 Å². The lowest BCUT2D eigenvalue weighted by Crippen LogP contribution is -2.29. The van der Waals surface area contributed by atoms with E-state index in [1.165, 1.54) is 0 Å². The van der Waals surface area contributed by atoms with E-state index in [0.29, 0.717) is 48.1 Å². The fourth-order valence-corrected chi connectivity index (χ4v) is 6.03. The van der Waals surface area contributed by atoms with Gasteiger partial charge in [-0.05, 0) is 42.9 Å². The lowest BCUT2D eigenvalue weighted by atomic mass is 10.1. The number of aliphatic hydroxyl groups excluding tert-OH is 2. The molecule has 0 unspecified atom stereocenters. The molecule has 2 saturated heterocycles. The van der Waals surface area contributed by atoms with Gasteiger partial charge in [-0.25, -0.2) is 4.98 Å². The van der Waals surface area contributed by atoms with Gasteiger partial charge in [0.05, 0.1) is 12.0 Å². The predicted octanol–water partition coefficient (Wildman–Crippen LogP) is 2.73. The zero-order valence-electron chi connectivity index (χ0n) is 21.6. The highest BCUT2D eigenvalue weighted by atomic mass is 32.2. The van der Waals surface area contributed by atoms with E-state index in [4.69, 9.17) is 19.2 Å². The summed E-state index contributed by atoms with van der Waals surface area (Å²) in [6.07, 6.45) is 2.57. The molecule has 2 fully saturated rings. The zero-order valence-corrected chi connectivity index (χ0v) is 22.4. The molecule has 0 aliphatic carbocycles.